The molecule has 2 amide bonds. The molecule has 1 aromatic carbocycles. The van der Waals surface area contributed by atoms with Gasteiger partial charge in [0.05, 0.1) is 10.6 Å². The summed E-state index contributed by atoms with van der Waals surface area (Å²) >= 11 is 6.12. The van der Waals surface area contributed by atoms with Gasteiger partial charge >= 0.3 is 0 Å². The summed E-state index contributed by atoms with van der Waals surface area (Å²) < 4.78 is 0. The lowest BCUT2D eigenvalue weighted by atomic mass is 10.2. The number of pyridine rings is 1. The molecular formula is C18H15ClN6O2. The van der Waals surface area contributed by atoms with Crippen molar-refractivity contribution in [2.75, 3.05) is 10.6 Å². The van der Waals surface area contributed by atoms with Crippen LogP contribution in [0.5, 0.6) is 0 Å². The number of nitrogens with zero attached hydrogens (tertiary/aromatic N) is 4. The molecule has 0 aliphatic carbocycles. The molecule has 2 aromatic heterocycles. The van der Waals surface area contributed by atoms with E-state index in [0.29, 0.717) is 23.0 Å². The molecule has 0 atom stereocenters. The number of aromatic nitrogens is 4. The Balaban J connectivity index is 1.88. The van der Waals surface area contributed by atoms with E-state index in [0.717, 1.165) is 0 Å². The molecule has 136 valence electrons. The van der Waals surface area contributed by atoms with Crippen LogP contribution in [-0.4, -0.2) is 31.8 Å². The number of benzene rings is 1. The molecule has 0 radical (unpaired) electrons. The number of hydrogen-bond donors (Lipinski definition) is 2. The van der Waals surface area contributed by atoms with E-state index in [1.807, 2.05) is 6.07 Å². The number of halogens is 1. The Morgan fingerprint density at radius 2 is 1.85 bits per heavy atom. The normalized spacial score (nSPS) is 10.3. The first-order valence-electron chi connectivity index (χ1n) is 7.95. The molecule has 8 nitrogen and oxygen atoms in total. The van der Waals surface area contributed by atoms with Gasteiger partial charge < -0.3 is 5.32 Å². The first kappa shape index (κ1) is 18.4. The maximum Gasteiger partial charge on any atom is 0.259 e. The average molecular weight is 383 g/mol. The van der Waals surface area contributed by atoms with Crippen molar-refractivity contribution in [2.24, 2.45) is 0 Å². The third-order valence-corrected chi connectivity index (χ3v) is 3.73. The summed E-state index contributed by atoms with van der Waals surface area (Å²) in [6.07, 6.45) is 1.63. The van der Waals surface area contributed by atoms with Crippen molar-refractivity contribution in [3.05, 3.63) is 59.0 Å². The molecule has 0 saturated heterocycles. The van der Waals surface area contributed by atoms with Crippen molar-refractivity contribution in [3.63, 3.8) is 0 Å². The number of anilines is 2. The molecule has 9 heteroatoms. The van der Waals surface area contributed by atoms with Gasteiger partial charge in [0.15, 0.2) is 5.82 Å². The highest BCUT2D eigenvalue weighted by Crippen LogP contribution is 2.22. The molecule has 2 N–H and O–H groups in total. The van der Waals surface area contributed by atoms with Crippen molar-refractivity contribution >= 4 is 35.1 Å². The third kappa shape index (κ3) is 4.62. The molecule has 0 unspecified atom stereocenters. The smallest absolute Gasteiger partial charge is 0.259 e. The fourth-order valence-electron chi connectivity index (χ4n) is 2.30. The molecule has 0 bridgehead atoms. The maximum absolute atomic E-state index is 12.6. The Hall–Kier alpha value is -3.39. The fraction of sp³-hybridized carbons (Fsp3) is 0.111. The number of nitrogens with one attached hydrogen (secondary N) is 2. The fourth-order valence-corrected chi connectivity index (χ4v) is 2.50. The summed E-state index contributed by atoms with van der Waals surface area (Å²) in [5.41, 5.74) is 1.20. The van der Waals surface area contributed by atoms with Crippen LogP contribution in [0.15, 0.2) is 42.6 Å². The molecule has 0 spiro atoms. The van der Waals surface area contributed by atoms with Crippen LogP contribution in [0.2, 0.25) is 5.02 Å². The Morgan fingerprint density at radius 1 is 1.04 bits per heavy atom. The summed E-state index contributed by atoms with van der Waals surface area (Å²) in [6, 6.07) is 9.96. The number of amides is 2. The zero-order valence-electron chi connectivity index (χ0n) is 14.5. The first-order valence-corrected chi connectivity index (χ1v) is 8.33. The van der Waals surface area contributed by atoms with Gasteiger partial charge in [0.1, 0.15) is 11.5 Å². The molecule has 2 heterocycles. The van der Waals surface area contributed by atoms with Gasteiger partial charge in [-0.1, -0.05) is 17.7 Å². The van der Waals surface area contributed by atoms with Gasteiger partial charge in [-0.2, -0.15) is 9.97 Å². The largest absolute Gasteiger partial charge is 0.326 e. The molecular weight excluding hydrogens is 368 g/mol. The summed E-state index contributed by atoms with van der Waals surface area (Å²) in [7, 11) is 0. The molecule has 0 fully saturated rings. The van der Waals surface area contributed by atoms with Crippen LogP contribution >= 0.6 is 11.6 Å². The minimum Gasteiger partial charge on any atom is -0.326 e. The van der Waals surface area contributed by atoms with E-state index in [1.54, 1.807) is 31.3 Å². The van der Waals surface area contributed by atoms with E-state index in [2.05, 4.69) is 30.6 Å². The molecule has 3 aromatic rings. The van der Waals surface area contributed by atoms with Gasteiger partial charge in [-0.25, -0.2) is 4.98 Å². The second-order valence-corrected chi connectivity index (χ2v) is 5.98. The van der Waals surface area contributed by atoms with Gasteiger partial charge in [-0.15, -0.1) is 0 Å². The van der Waals surface area contributed by atoms with E-state index >= 15 is 0 Å². The summed E-state index contributed by atoms with van der Waals surface area (Å²) in [4.78, 5) is 40.6. The maximum atomic E-state index is 12.6. The van der Waals surface area contributed by atoms with Crippen molar-refractivity contribution < 1.29 is 9.59 Å². The molecule has 0 saturated carbocycles. The third-order valence-electron chi connectivity index (χ3n) is 3.40. The van der Waals surface area contributed by atoms with Crippen LogP contribution in [0.1, 0.15) is 23.1 Å². The van der Waals surface area contributed by atoms with Crippen LogP contribution in [0, 0.1) is 6.92 Å². The first-order chi connectivity index (χ1) is 12.9. The Kier molecular flexibility index (Phi) is 5.37. The van der Waals surface area contributed by atoms with Gasteiger partial charge in [0, 0.05) is 18.8 Å². The van der Waals surface area contributed by atoms with E-state index in [-0.39, 0.29) is 22.4 Å². The van der Waals surface area contributed by atoms with Gasteiger partial charge in [-0.05, 0) is 37.3 Å². The van der Waals surface area contributed by atoms with E-state index < -0.39 is 5.91 Å². The van der Waals surface area contributed by atoms with Crippen LogP contribution in [-0.2, 0) is 4.79 Å². The van der Waals surface area contributed by atoms with Gasteiger partial charge in [0.2, 0.25) is 11.9 Å². The minimum absolute atomic E-state index is 0.0779. The van der Waals surface area contributed by atoms with E-state index in [1.165, 1.54) is 19.1 Å². The average Bonchev–Trinajstić information content (AvgIpc) is 2.63. The zero-order chi connectivity index (χ0) is 19.4. The van der Waals surface area contributed by atoms with Crippen LogP contribution in [0.4, 0.5) is 11.6 Å². The lowest BCUT2D eigenvalue weighted by molar-refractivity contribution is -0.114. The second kappa shape index (κ2) is 7.88. The van der Waals surface area contributed by atoms with Gasteiger partial charge in [0.25, 0.3) is 5.91 Å². The summed E-state index contributed by atoms with van der Waals surface area (Å²) in [6.45, 7) is 3.06. The van der Waals surface area contributed by atoms with Gasteiger partial charge in [-0.3, -0.25) is 19.9 Å². The van der Waals surface area contributed by atoms with E-state index in [4.69, 9.17) is 11.6 Å². The molecule has 0 aliphatic heterocycles. The lowest BCUT2D eigenvalue weighted by Gasteiger charge is -2.09. The minimum atomic E-state index is -0.509. The topological polar surface area (TPSA) is 110 Å². The summed E-state index contributed by atoms with van der Waals surface area (Å²) in [5.74, 6) is 0.0891. The number of hydrogen-bond acceptors (Lipinski definition) is 6. The van der Waals surface area contributed by atoms with Crippen LogP contribution in [0.3, 0.4) is 0 Å². The second-order valence-electron chi connectivity index (χ2n) is 5.57. The number of rotatable bonds is 4. The number of carbonyl (C=O) groups excluding carboxylic acids is 2. The predicted octanol–water partition coefficient (Wildman–Crippen LogP) is 3.11. The Morgan fingerprint density at radius 3 is 2.56 bits per heavy atom. The quantitative estimate of drug-likeness (QED) is 0.717. The van der Waals surface area contributed by atoms with Crippen molar-refractivity contribution in [1.82, 2.24) is 19.9 Å². The molecule has 27 heavy (non-hydrogen) atoms. The van der Waals surface area contributed by atoms with Crippen molar-refractivity contribution in [1.29, 1.82) is 0 Å². The van der Waals surface area contributed by atoms with Crippen molar-refractivity contribution in [2.45, 2.75) is 13.8 Å². The Bertz CT molecular complexity index is 1010. The number of aryl methyl sites for hydroxylation is 1. The van der Waals surface area contributed by atoms with Crippen LogP contribution in [0.25, 0.3) is 11.5 Å². The van der Waals surface area contributed by atoms with Crippen LogP contribution < -0.4 is 10.6 Å². The standard InChI is InChI=1S/C18H15ClN6O2/c1-10-21-16(15-5-3-4-8-20-15)24-18(22-10)25-17(27)13-9-12(23-11(2)26)6-7-14(13)19/h3-9H,1-2H3,(H,23,26)(H,21,22,24,25,27). The number of carbonyl (C=O) groups is 2. The zero-order valence-corrected chi connectivity index (χ0v) is 15.3. The lowest BCUT2D eigenvalue weighted by Crippen LogP contribution is -2.16. The monoisotopic (exact) mass is 382 g/mol. The Labute approximate surface area is 160 Å². The summed E-state index contributed by atoms with van der Waals surface area (Å²) in [5, 5.41) is 5.44. The highest BCUT2D eigenvalue weighted by Gasteiger charge is 2.15. The molecule has 0 aliphatic rings. The van der Waals surface area contributed by atoms with E-state index in [9.17, 15) is 9.59 Å². The van der Waals surface area contributed by atoms with Crippen molar-refractivity contribution in [3.8, 4) is 11.5 Å². The highest BCUT2D eigenvalue weighted by molar-refractivity contribution is 6.34. The molecule has 3 rings (SSSR count). The SMILES string of the molecule is CC(=O)Nc1ccc(Cl)c(C(=O)Nc2nc(C)nc(-c3ccccn3)n2)c1. The highest BCUT2D eigenvalue weighted by atomic mass is 35.5. The predicted molar refractivity (Wildman–Crippen MR) is 102 cm³/mol.